The first-order valence-corrected chi connectivity index (χ1v) is 8.95. The van der Waals surface area contributed by atoms with Crippen molar-refractivity contribution in [2.24, 2.45) is 0 Å². The van der Waals surface area contributed by atoms with Gasteiger partial charge < -0.3 is 15.4 Å². The molecule has 0 unspecified atom stereocenters. The molecule has 1 amide bonds. The number of aryl methyl sites for hydroxylation is 1. The van der Waals surface area contributed by atoms with Gasteiger partial charge in [-0.15, -0.1) is 0 Å². The molecule has 5 heteroatoms. The highest BCUT2D eigenvalue weighted by Crippen LogP contribution is 2.31. The van der Waals surface area contributed by atoms with Crippen LogP contribution in [0.4, 0.5) is 4.79 Å². The summed E-state index contributed by atoms with van der Waals surface area (Å²) in [6, 6.07) is 6.36. The molecule has 0 aromatic heterocycles. The van der Waals surface area contributed by atoms with Gasteiger partial charge in [0.15, 0.2) is 0 Å². The zero-order valence-electron chi connectivity index (χ0n) is 14.5. The standard InChI is InChI=1S/C18H27BrN2O2/c1-13-6-7-14(15(19)10-13)11-20-12-18(8-5-9-18)21-16(22)23-17(2,3)4/h6-7,10,20H,5,8-9,11-12H2,1-4H3,(H,21,22). The summed E-state index contributed by atoms with van der Waals surface area (Å²) >= 11 is 3.60. The van der Waals surface area contributed by atoms with Crippen LogP contribution in [0.2, 0.25) is 0 Å². The van der Waals surface area contributed by atoms with Gasteiger partial charge in [-0.25, -0.2) is 4.79 Å². The lowest BCUT2D eigenvalue weighted by Gasteiger charge is -2.43. The Labute approximate surface area is 147 Å². The average Bonchev–Trinajstić information content (AvgIpc) is 2.36. The second-order valence-electron chi connectivity index (χ2n) is 7.46. The van der Waals surface area contributed by atoms with Crippen molar-refractivity contribution in [1.29, 1.82) is 0 Å². The molecule has 1 aliphatic rings. The predicted octanol–water partition coefficient (Wildman–Crippen LogP) is 4.29. The molecule has 4 nitrogen and oxygen atoms in total. The topological polar surface area (TPSA) is 50.4 Å². The number of hydrogen-bond donors (Lipinski definition) is 2. The minimum atomic E-state index is -0.463. The highest BCUT2D eigenvalue weighted by atomic mass is 79.9. The lowest BCUT2D eigenvalue weighted by atomic mass is 9.76. The third-order valence-corrected chi connectivity index (χ3v) is 4.80. The van der Waals surface area contributed by atoms with E-state index in [1.807, 2.05) is 20.8 Å². The fraction of sp³-hybridized carbons (Fsp3) is 0.611. The van der Waals surface area contributed by atoms with E-state index in [4.69, 9.17) is 4.74 Å². The van der Waals surface area contributed by atoms with Gasteiger partial charge in [-0.2, -0.15) is 0 Å². The molecule has 2 N–H and O–H groups in total. The Morgan fingerprint density at radius 2 is 2.04 bits per heavy atom. The zero-order valence-corrected chi connectivity index (χ0v) is 16.0. The van der Waals surface area contributed by atoms with Crippen LogP contribution >= 0.6 is 15.9 Å². The molecule has 0 atom stereocenters. The van der Waals surface area contributed by atoms with Crippen molar-refractivity contribution in [2.75, 3.05) is 6.54 Å². The van der Waals surface area contributed by atoms with Gasteiger partial charge in [0.25, 0.3) is 0 Å². The molecule has 1 aromatic carbocycles. The maximum atomic E-state index is 12.0. The van der Waals surface area contributed by atoms with E-state index in [-0.39, 0.29) is 11.6 Å². The number of carbonyl (C=O) groups excluding carboxylic acids is 1. The minimum absolute atomic E-state index is 0.167. The molecule has 0 spiro atoms. The Morgan fingerprint density at radius 3 is 2.57 bits per heavy atom. The molecule has 0 saturated heterocycles. The summed E-state index contributed by atoms with van der Waals surface area (Å²) in [5.74, 6) is 0. The lowest BCUT2D eigenvalue weighted by Crippen LogP contribution is -2.59. The van der Waals surface area contributed by atoms with Crippen molar-refractivity contribution in [3.8, 4) is 0 Å². The van der Waals surface area contributed by atoms with E-state index in [0.717, 1.165) is 36.8 Å². The molecule has 0 bridgehead atoms. The molecule has 1 saturated carbocycles. The number of hydrogen-bond acceptors (Lipinski definition) is 3. The fourth-order valence-electron chi connectivity index (χ4n) is 2.70. The Morgan fingerprint density at radius 1 is 1.35 bits per heavy atom. The molecule has 1 aliphatic carbocycles. The number of benzene rings is 1. The van der Waals surface area contributed by atoms with Crippen molar-refractivity contribution >= 4 is 22.0 Å². The van der Waals surface area contributed by atoms with Gasteiger partial charge in [-0.1, -0.05) is 28.1 Å². The van der Waals surface area contributed by atoms with Crippen molar-refractivity contribution in [3.63, 3.8) is 0 Å². The zero-order chi connectivity index (χ0) is 17.1. The van der Waals surface area contributed by atoms with Gasteiger partial charge in [0, 0.05) is 17.6 Å². The number of nitrogens with one attached hydrogen (secondary N) is 2. The Bertz CT molecular complexity index is 563. The molecule has 0 heterocycles. The Hall–Kier alpha value is -1.07. The van der Waals surface area contributed by atoms with Crippen LogP contribution in [-0.2, 0) is 11.3 Å². The van der Waals surface area contributed by atoms with Crippen molar-refractivity contribution in [3.05, 3.63) is 33.8 Å². The van der Waals surface area contributed by atoms with Gasteiger partial charge in [-0.05, 0) is 64.2 Å². The first-order chi connectivity index (χ1) is 10.7. The molecule has 1 aromatic rings. The third-order valence-electron chi connectivity index (χ3n) is 4.06. The SMILES string of the molecule is Cc1ccc(CNCC2(NC(=O)OC(C)(C)C)CCC2)c(Br)c1. The molecular weight excluding hydrogens is 356 g/mol. The summed E-state index contributed by atoms with van der Waals surface area (Å²) in [5, 5.41) is 6.53. The van der Waals surface area contributed by atoms with Crippen LogP contribution in [-0.4, -0.2) is 23.8 Å². The lowest BCUT2D eigenvalue weighted by molar-refractivity contribution is 0.0382. The predicted molar refractivity (Wildman–Crippen MR) is 96.5 cm³/mol. The molecule has 128 valence electrons. The molecule has 1 fully saturated rings. The van der Waals surface area contributed by atoms with E-state index >= 15 is 0 Å². The van der Waals surface area contributed by atoms with Crippen molar-refractivity contribution in [1.82, 2.24) is 10.6 Å². The van der Waals surface area contributed by atoms with Crippen LogP contribution in [0.3, 0.4) is 0 Å². The highest BCUT2D eigenvalue weighted by molar-refractivity contribution is 9.10. The van der Waals surface area contributed by atoms with Crippen LogP contribution in [0, 0.1) is 6.92 Å². The van der Waals surface area contributed by atoms with Gasteiger partial charge in [0.05, 0.1) is 5.54 Å². The van der Waals surface area contributed by atoms with E-state index in [2.05, 4.69) is 51.7 Å². The van der Waals surface area contributed by atoms with Crippen molar-refractivity contribution < 1.29 is 9.53 Å². The number of halogens is 1. The van der Waals surface area contributed by atoms with E-state index in [1.165, 1.54) is 11.1 Å². The van der Waals surface area contributed by atoms with Gasteiger partial charge >= 0.3 is 6.09 Å². The quantitative estimate of drug-likeness (QED) is 0.797. The summed E-state index contributed by atoms with van der Waals surface area (Å²) < 4.78 is 6.50. The van der Waals surface area contributed by atoms with E-state index in [9.17, 15) is 4.79 Å². The number of alkyl carbamates (subject to hydrolysis) is 1. The Balaban J connectivity index is 1.86. The minimum Gasteiger partial charge on any atom is -0.444 e. The average molecular weight is 383 g/mol. The van der Waals surface area contributed by atoms with Crippen molar-refractivity contribution in [2.45, 2.75) is 64.6 Å². The monoisotopic (exact) mass is 382 g/mol. The normalized spacial score (nSPS) is 16.6. The summed E-state index contributed by atoms with van der Waals surface area (Å²) in [4.78, 5) is 12.0. The van der Waals surface area contributed by atoms with E-state index in [1.54, 1.807) is 0 Å². The maximum Gasteiger partial charge on any atom is 0.408 e. The summed E-state index contributed by atoms with van der Waals surface area (Å²) in [6.45, 7) is 9.26. The number of amides is 1. The van der Waals surface area contributed by atoms with Gasteiger partial charge in [-0.3, -0.25) is 0 Å². The molecular formula is C18H27BrN2O2. The van der Waals surface area contributed by atoms with Gasteiger partial charge in [0.1, 0.15) is 5.60 Å². The summed E-state index contributed by atoms with van der Waals surface area (Å²) in [6.07, 6.45) is 2.81. The van der Waals surface area contributed by atoms with E-state index in [0.29, 0.717) is 0 Å². The van der Waals surface area contributed by atoms with Crippen LogP contribution < -0.4 is 10.6 Å². The molecule has 0 aliphatic heterocycles. The first-order valence-electron chi connectivity index (χ1n) is 8.16. The highest BCUT2D eigenvalue weighted by Gasteiger charge is 2.39. The molecule has 2 rings (SSSR count). The second-order valence-corrected chi connectivity index (χ2v) is 8.31. The van der Waals surface area contributed by atoms with Crippen LogP contribution in [0.15, 0.2) is 22.7 Å². The molecule has 0 radical (unpaired) electrons. The maximum absolute atomic E-state index is 12.0. The Kier molecular flexibility index (Phi) is 5.74. The summed E-state index contributed by atoms with van der Waals surface area (Å²) in [5.41, 5.74) is 1.83. The molecule has 23 heavy (non-hydrogen) atoms. The summed E-state index contributed by atoms with van der Waals surface area (Å²) in [7, 11) is 0. The number of ether oxygens (including phenoxy) is 1. The van der Waals surface area contributed by atoms with Crippen LogP contribution in [0.1, 0.15) is 51.2 Å². The smallest absolute Gasteiger partial charge is 0.408 e. The second kappa shape index (κ2) is 7.22. The van der Waals surface area contributed by atoms with Crippen LogP contribution in [0.25, 0.3) is 0 Å². The largest absolute Gasteiger partial charge is 0.444 e. The number of rotatable bonds is 5. The van der Waals surface area contributed by atoms with Crippen LogP contribution in [0.5, 0.6) is 0 Å². The van der Waals surface area contributed by atoms with Gasteiger partial charge in [0.2, 0.25) is 0 Å². The first kappa shape index (κ1) is 18.3. The fourth-order valence-corrected chi connectivity index (χ4v) is 3.34. The number of carbonyl (C=O) groups is 1. The third kappa shape index (κ3) is 5.50. The van der Waals surface area contributed by atoms with E-state index < -0.39 is 5.60 Å².